The molecule has 128 valence electrons. The summed E-state index contributed by atoms with van der Waals surface area (Å²) in [6.45, 7) is 2.95. The molecule has 0 N–H and O–H groups in total. The molecule has 0 radical (unpaired) electrons. The number of esters is 1. The smallest absolute Gasteiger partial charge is 0.306 e. The maximum atomic E-state index is 12.6. The van der Waals surface area contributed by atoms with E-state index in [2.05, 4.69) is 0 Å². The summed E-state index contributed by atoms with van der Waals surface area (Å²) in [6, 6.07) is 4.61. The number of rotatable bonds is 8. The van der Waals surface area contributed by atoms with Crippen molar-refractivity contribution in [1.82, 2.24) is 4.31 Å². The van der Waals surface area contributed by atoms with Crippen molar-refractivity contribution >= 4 is 27.6 Å². The molecule has 1 unspecified atom stereocenters. The zero-order valence-corrected chi connectivity index (χ0v) is 14.7. The van der Waals surface area contributed by atoms with Gasteiger partial charge in [0.2, 0.25) is 10.0 Å². The Morgan fingerprint density at radius 1 is 1.43 bits per heavy atom. The Morgan fingerprint density at radius 3 is 2.74 bits per heavy atom. The summed E-state index contributed by atoms with van der Waals surface area (Å²) < 4.78 is 36.3. The SMILES string of the molecule is CCOC(=O)CCc1cc(Cl)cc(S(=O)(=O)N(C)CC2CO2)c1. The van der Waals surface area contributed by atoms with Gasteiger partial charge < -0.3 is 9.47 Å². The molecule has 1 aromatic rings. The van der Waals surface area contributed by atoms with Crippen LogP contribution in [0.15, 0.2) is 23.1 Å². The molecule has 0 aromatic heterocycles. The first kappa shape index (κ1) is 18.2. The molecule has 1 fully saturated rings. The Balaban J connectivity index is 2.13. The van der Waals surface area contributed by atoms with E-state index >= 15 is 0 Å². The average Bonchev–Trinajstić information content (AvgIpc) is 3.29. The highest BCUT2D eigenvalue weighted by Gasteiger charge is 2.30. The molecule has 1 atom stereocenters. The lowest BCUT2D eigenvalue weighted by molar-refractivity contribution is -0.143. The van der Waals surface area contributed by atoms with Gasteiger partial charge in [-0.1, -0.05) is 11.6 Å². The van der Waals surface area contributed by atoms with Crippen molar-refractivity contribution in [3.8, 4) is 0 Å². The van der Waals surface area contributed by atoms with Gasteiger partial charge in [-0.15, -0.1) is 0 Å². The van der Waals surface area contributed by atoms with Crippen LogP contribution in [-0.4, -0.2) is 51.6 Å². The molecule has 6 nitrogen and oxygen atoms in total. The number of epoxide rings is 1. The minimum absolute atomic E-state index is 0.0303. The van der Waals surface area contributed by atoms with Gasteiger partial charge in [-0.3, -0.25) is 4.79 Å². The van der Waals surface area contributed by atoms with Crippen LogP contribution < -0.4 is 0 Å². The van der Waals surface area contributed by atoms with Gasteiger partial charge in [0, 0.05) is 25.0 Å². The van der Waals surface area contributed by atoms with E-state index in [0.717, 1.165) is 0 Å². The highest BCUT2D eigenvalue weighted by Crippen LogP contribution is 2.24. The second-order valence-corrected chi connectivity index (χ2v) is 7.82. The van der Waals surface area contributed by atoms with Crippen molar-refractivity contribution in [3.63, 3.8) is 0 Å². The van der Waals surface area contributed by atoms with E-state index in [9.17, 15) is 13.2 Å². The van der Waals surface area contributed by atoms with Gasteiger partial charge in [0.05, 0.1) is 24.2 Å². The summed E-state index contributed by atoms with van der Waals surface area (Å²) in [6.07, 6.45) is 0.522. The molecule has 0 amide bonds. The summed E-state index contributed by atoms with van der Waals surface area (Å²) in [5.41, 5.74) is 0.681. The van der Waals surface area contributed by atoms with Crippen molar-refractivity contribution in [1.29, 1.82) is 0 Å². The Hall–Kier alpha value is -1.15. The van der Waals surface area contributed by atoms with Crippen LogP contribution in [0.5, 0.6) is 0 Å². The lowest BCUT2D eigenvalue weighted by Gasteiger charge is -2.17. The van der Waals surface area contributed by atoms with Gasteiger partial charge in [0.25, 0.3) is 0 Å². The lowest BCUT2D eigenvalue weighted by Crippen LogP contribution is -2.30. The molecule has 1 aromatic carbocycles. The molecule has 23 heavy (non-hydrogen) atoms. The zero-order chi connectivity index (χ0) is 17.0. The number of aryl methyl sites for hydroxylation is 1. The summed E-state index contributed by atoms with van der Waals surface area (Å²) in [7, 11) is -2.12. The van der Waals surface area contributed by atoms with E-state index in [4.69, 9.17) is 21.1 Å². The third kappa shape index (κ3) is 5.17. The molecule has 0 bridgehead atoms. The predicted octanol–water partition coefficient (Wildman–Crippen LogP) is 1.86. The number of nitrogens with zero attached hydrogens (tertiary/aromatic N) is 1. The number of carbonyl (C=O) groups excluding carboxylic acids is 1. The van der Waals surface area contributed by atoms with Crippen LogP contribution in [0.4, 0.5) is 0 Å². The Morgan fingerprint density at radius 2 is 2.13 bits per heavy atom. The number of benzene rings is 1. The van der Waals surface area contributed by atoms with Crippen LogP contribution >= 0.6 is 11.6 Å². The van der Waals surface area contributed by atoms with Crippen LogP contribution in [0.1, 0.15) is 18.9 Å². The van der Waals surface area contributed by atoms with Crippen LogP contribution in [0.2, 0.25) is 5.02 Å². The largest absolute Gasteiger partial charge is 0.466 e. The fourth-order valence-corrected chi connectivity index (χ4v) is 3.75. The van der Waals surface area contributed by atoms with Gasteiger partial charge >= 0.3 is 5.97 Å². The quantitative estimate of drug-likeness (QED) is 0.521. The number of hydrogen-bond acceptors (Lipinski definition) is 5. The van der Waals surface area contributed by atoms with Gasteiger partial charge in [0.15, 0.2) is 0 Å². The normalized spacial score (nSPS) is 17.3. The van der Waals surface area contributed by atoms with Gasteiger partial charge in [-0.25, -0.2) is 8.42 Å². The van der Waals surface area contributed by atoms with Crippen molar-refractivity contribution in [2.45, 2.75) is 30.8 Å². The second-order valence-electron chi connectivity index (χ2n) is 5.34. The number of sulfonamides is 1. The highest BCUT2D eigenvalue weighted by molar-refractivity contribution is 7.89. The summed E-state index contributed by atoms with van der Waals surface area (Å²) in [5, 5.41) is 0.320. The molecule has 1 aliphatic rings. The first-order chi connectivity index (χ1) is 10.8. The van der Waals surface area contributed by atoms with E-state index in [-0.39, 0.29) is 23.4 Å². The number of likely N-dealkylation sites (N-methyl/N-ethyl adjacent to an activating group) is 1. The maximum Gasteiger partial charge on any atom is 0.306 e. The third-order valence-corrected chi connectivity index (χ3v) is 5.44. The molecular weight excluding hydrogens is 342 g/mol. The number of carbonyl (C=O) groups is 1. The zero-order valence-electron chi connectivity index (χ0n) is 13.1. The van der Waals surface area contributed by atoms with Crippen molar-refractivity contribution < 1.29 is 22.7 Å². The molecule has 1 saturated heterocycles. The van der Waals surface area contributed by atoms with Gasteiger partial charge in [0.1, 0.15) is 0 Å². The van der Waals surface area contributed by atoms with Crippen molar-refractivity contribution in [2.24, 2.45) is 0 Å². The maximum absolute atomic E-state index is 12.6. The first-order valence-corrected chi connectivity index (χ1v) is 9.17. The van der Waals surface area contributed by atoms with E-state index < -0.39 is 10.0 Å². The molecule has 2 rings (SSSR count). The summed E-state index contributed by atoms with van der Waals surface area (Å²) in [4.78, 5) is 11.5. The Bertz CT molecular complexity index is 672. The second kappa shape index (κ2) is 7.61. The average molecular weight is 362 g/mol. The molecular formula is C15H20ClNO5S. The van der Waals surface area contributed by atoms with E-state index in [0.29, 0.717) is 36.8 Å². The molecule has 0 saturated carbocycles. The van der Waals surface area contributed by atoms with E-state index in [1.54, 1.807) is 19.1 Å². The minimum Gasteiger partial charge on any atom is -0.466 e. The monoisotopic (exact) mass is 361 g/mol. The van der Waals surface area contributed by atoms with Crippen molar-refractivity contribution in [3.05, 3.63) is 28.8 Å². The fourth-order valence-electron chi connectivity index (χ4n) is 2.13. The summed E-state index contributed by atoms with van der Waals surface area (Å²) >= 11 is 6.03. The number of hydrogen-bond donors (Lipinski definition) is 0. The summed E-state index contributed by atoms with van der Waals surface area (Å²) in [5.74, 6) is -0.320. The molecule has 1 aliphatic heterocycles. The minimum atomic E-state index is -3.64. The van der Waals surface area contributed by atoms with Crippen LogP contribution in [-0.2, 0) is 30.7 Å². The van der Waals surface area contributed by atoms with Gasteiger partial charge in [-0.05, 0) is 37.1 Å². The predicted molar refractivity (Wildman–Crippen MR) is 86.0 cm³/mol. The molecule has 0 aliphatic carbocycles. The topological polar surface area (TPSA) is 76.2 Å². The molecule has 0 spiro atoms. The lowest BCUT2D eigenvalue weighted by atomic mass is 10.1. The van der Waals surface area contributed by atoms with Crippen LogP contribution in [0, 0.1) is 0 Å². The highest BCUT2D eigenvalue weighted by atomic mass is 35.5. The standard InChI is InChI=1S/C15H20ClNO5S/c1-3-21-15(18)5-4-11-6-12(16)8-14(7-11)23(19,20)17(2)9-13-10-22-13/h6-8,13H,3-5,9-10H2,1-2H3. The fraction of sp³-hybridized carbons (Fsp3) is 0.533. The van der Waals surface area contributed by atoms with Crippen LogP contribution in [0.25, 0.3) is 0 Å². The van der Waals surface area contributed by atoms with E-state index in [1.165, 1.54) is 17.4 Å². The molecule has 1 heterocycles. The van der Waals surface area contributed by atoms with Crippen molar-refractivity contribution in [2.75, 3.05) is 26.8 Å². The third-order valence-electron chi connectivity index (χ3n) is 3.43. The Labute approximate surface area is 141 Å². The molecule has 8 heteroatoms. The number of ether oxygens (including phenoxy) is 2. The van der Waals surface area contributed by atoms with Gasteiger partial charge in [-0.2, -0.15) is 4.31 Å². The Kier molecular flexibility index (Phi) is 6.02. The van der Waals surface area contributed by atoms with Crippen LogP contribution in [0.3, 0.4) is 0 Å². The number of halogens is 1. The van der Waals surface area contributed by atoms with E-state index in [1.807, 2.05) is 0 Å². The first-order valence-electron chi connectivity index (χ1n) is 7.36.